The van der Waals surface area contributed by atoms with E-state index in [4.69, 9.17) is 9.47 Å². The summed E-state index contributed by atoms with van der Waals surface area (Å²) >= 11 is 0. The Morgan fingerprint density at radius 2 is 2.00 bits per heavy atom. The summed E-state index contributed by atoms with van der Waals surface area (Å²) in [6.07, 6.45) is 1.41. The van der Waals surface area contributed by atoms with Crippen LogP contribution in [0.3, 0.4) is 0 Å². The lowest BCUT2D eigenvalue weighted by Crippen LogP contribution is -2.52. The van der Waals surface area contributed by atoms with Gasteiger partial charge >= 0.3 is 6.09 Å². The van der Waals surface area contributed by atoms with Gasteiger partial charge < -0.3 is 9.47 Å². The molecular formula is C17H23NO4. The monoisotopic (exact) mass is 305 g/mol. The molecule has 0 radical (unpaired) electrons. The van der Waals surface area contributed by atoms with E-state index in [1.165, 1.54) is 4.90 Å². The van der Waals surface area contributed by atoms with Gasteiger partial charge in [0, 0.05) is 13.0 Å². The van der Waals surface area contributed by atoms with E-state index in [1.807, 2.05) is 30.3 Å². The first-order valence-corrected chi connectivity index (χ1v) is 7.51. The number of aldehydes is 1. The zero-order valence-electron chi connectivity index (χ0n) is 13.4. The van der Waals surface area contributed by atoms with E-state index in [2.05, 4.69) is 0 Å². The zero-order valence-corrected chi connectivity index (χ0v) is 13.4. The van der Waals surface area contributed by atoms with Gasteiger partial charge in [0.1, 0.15) is 5.60 Å². The van der Waals surface area contributed by atoms with Crippen LogP contribution in [0.2, 0.25) is 0 Å². The molecule has 1 aromatic rings. The molecule has 5 heteroatoms. The van der Waals surface area contributed by atoms with Crippen LogP contribution in [0.15, 0.2) is 30.3 Å². The normalized spacial score (nSPS) is 21.7. The maximum absolute atomic E-state index is 12.3. The molecule has 1 amide bonds. The van der Waals surface area contributed by atoms with E-state index >= 15 is 0 Å². The molecular weight excluding hydrogens is 282 g/mol. The van der Waals surface area contributed by atoms with E-state index in [9.17, 15) is 9.59 Å². The van der Waals surface area contributed by atoms with Gasteiger partial charge in [-0.25, -0.2) is 4.79 Å². The SMILES string of the molecule is CC(C)(C)OC(=O)N1CCC[C@@]1(C=O)OCc1ccccc1. The number of hydrogen-bond donors (Lipinski definition) is 0. The van der Waals surface area contributed by atoms with Crippen molar-refractivity contribution >= 4 is 12.4 Å². The molecule has 2 rings (SSSR count). The van der Waals surface area contributed by atoms with Crippen molar-refractivity contribution in [1.29, 1.82) is 0 Å². The molecule has 1 aromatic carbocycles. The largest absolute Gasteiger partial charge is 0.444 e. The minimum absolute atomic E-state index is 0.277. The molecule has 0 N–H and O–H groups in total. The van der Waals surface area contributed by atoms with Crippen molar-refractivity contribution in [2.75, 3.05) is 6.54 Å². The second-order valence-corrected chi connectivity index (χ2v) is 6.47. The third kappa shape index (κ3) is 3.85. The molecule has 0 aliphatic carbocycles. The van der Waals surface area contributed by atoms with Crippen LogP contribution in [0, 0.1) is 0 Å². The standard InChI is InChI=1S/C17H23NO4/c1-16(2,3)22-15(20)18-11-7-10-17(18,13-19)21-12-14-8-5-4-6-9-14/h4-6,8-9,13H,7,10-12H2,1-3H3/t17-/m0/s1. The number of amides is 1. The van der Waals surface area contributed by atoms with E-state index in [-0.39, 0.29) is 6.61 Å². The molecule has 1 aliphatic heterocycles. The first-order valence-electron chi connectivity index (χ1n) is 7.51. The Labute approximate surface area is 131 Å². The number of rotatable bonds is 4. The number of nitrogens with zero attached hydrogens (tertiary/aromatic N) is 1. The lowest BCUT2D eigenvalue weighted by molar-refractivity contribution is -0.157. The minimum Gasteiger partial charge on any atom is -0.444 e. The summed E-state index contributed by atoms with van der Waals surface area (Å²) in [4.78, 5) is 25.4. The van der Waals surface area contributed by atoms with Gasteiger partial charge in [-0.1, -0.05) is 30.3 Å². The van der Waals surface area contributed by atoms with Gasteiger partial charge in [-0.15, -0.1) is 0 Å². The molecule has 5 nitrogen and oxygen atoms in total. The van der Waals surface area contributed by atoms with Crippen molar-refractivity contribution in [1.82, 2.24) is 4.90 Å². The van der Waals surface area contributed by atoms with Crippen LogP contribution in [-0.4, -0.2) is 35.2 Å². The van der Waals surface area contributed by atoms with Crippen molar-refractivity contribution in [3.8, 4) is 0 Å². The van der Waals surface area contributed by atoms with Crippen LogP contribution in [0.25, 0.3) is 0 Å². The summed E-state index contributed by atoms with van der Waals surface area (Å²) in [5.74, 6) is 0. The number of ether oxygens (including phenoxy) is 2. The predicted octanol–water partition coefficient (Wildman–Crippen LogP) is 3.13. The summed E-state index contributed by atoms with van der Waals surface area (Å²) in [5, 5.41) is 0. The average molecular weight is 305 g/mol. The highest BCUT2D eigenvalue weighted by atomic mass is 16.6. The lowest BCUT2D eigenvalue weighted by atomic mass is 10.1. The first kappa shape index (κ1) is 16.5. The third-order valence-corrected chi connectivity index (χ3v) is 3.50. The highest BCUT2D eigenvalue weighted by Gasteiger charge is 2.46. The quantitative estimate of drug-likeness (QED) is 0.802. The molecule has 22 heavy (non-hydrogen) atoms. The Bertz CT molecular complexity index is 523. The summed E-state index contributed by atoms with van der Waals surface area (Å²) in [7, 11) is 0. The summed E-state index contributed by atoms with van der Waals surface area (Å²) in [5.41, 5.74) is -0.869. The van der Waals surface area contributed by atoms with Crippen LogP contribution in [0.5, 0.6) is 0 Å². The predicted molar refractivity (Wildman–Crippen MR) is 82.2 cm³/mol. The number of hydrogen-bond acceptors (Lipinski definition) is 4. The van der Waals surface area contributed by atoms with Crippen LogP contribution >= 0.6 is 0 Å². The second kappa shape index (κ2) is 6.48. The average Bonchev–Trinajstić information content (AvgIpc) is 2.89. The number of carbonyl (C=O) groups excluding carboxylic acids is 2. The molecule has 1 fully saturated rings. The van der Waals surface area contributed by atoms with Crippen LogP contribution in [0.1, 0.15) is 39.2 Å². The maximum Gasteiger partial charge on any atom is 0.412 e. The fraction of sp³-hybridized carbons (Fsp3) is 0.529. The third-order valence-electron chi connectivity index (χ3n) is 3.50. The topological polar surface area (TPSA) is 55.8 Å². The van der Waals surface area contributed by atoms with Crippen LogP contribution in [0.4, 0.5) is 4.79 Å². The van der Waals surface area contributed by atoms with Crippen LogP contribution < -0.4 is 0 Å². The van der Waals surface area contributed by atoms with E-state index in [0.29, 0.717) is 25.7 Å². The van der Waals surface area contributed by atoms with Gasteiger partial charge in [-0.3, -0.25) is 9.69 Å². The smallest absolute Gasteiger partial charge is 0.412 e. The number of carbonyl (C=O) groups is 2. The van der Waals surface area contributed by atoms with E-state index in [0.717, 1.165) is 5.56 Å². The van der Waals surface area contributed by atoms with Crippen molar-refractivity contribution in [2.45, 2.75) is 51.5 Å². The molecule has 1 heterocycles. The Balaban J connectivity index is 2.09. The fourth-order valence-electron chi connectivity index (χ4n) is 2.47. The molecule has 0 spiro atoms. The maximum atomic E-state index is 12.3. The molecule has 1 atom stereocenters. The lowest BCUT2D eigenvalue weighted by Gasteiger charge is -2.34. The molecule has 0 bridgehead atoms. The summed E-state index contributed by atoms with van der Waals surface area (Å²) in [6, 6.07) is 9.58. The molecule has 0 saturated carbocycles. The molecule has 0 aromatic heterocycles. The Morgan fingerprint density at radius 3 is 2.59 bits per heavy atom. The van der Waals surface area contributed by atoms with Gasteiger partial charge in [0.15, 0.2) is 6.29 Å². The Morgan fingerprint density at radius 1 is 1.32 bits per heavy atom. The van der Waals surface area contributed by atoms with Crippen molar-refractivity contribution in [3.63, 3.8) is 0 Å². The molecule has 1 aliphatic rings. The highest BCUT2D eigenvalue weighted by Crippen LogP contribution is 2.31. The number of likely N-dealkylation sites (tertiary alicyclic amines) is 1. The minimum atomic E-state index is -1.22. The molecule has 120 valence electrons. The highest BCUT2D eigenvalue weighted by molar-refractivity contribution is 5.76. The Hall–Kier alpha value is -1.88. The van der Waals surface area contributed by atoms with Crippen molar-refractivity contribution < 1.29 is 19.1 Å². The summed E-state index contributed by atoms with van der Waals surface area (Å²) in [6.45, 7) is 6.14. The molecule has 1 saturated heterocycles. The fourth-order valence-corrected chi connectivity index (χ4v) is 2.47. The van der Waals surface area contributed by atoms with Gasteiger partial charge in [-0.2, -0.15) is 0 Å². The van der Waals surface area contributed by atoms with Crippen molar-refractivity contribution in [3.05, 3.63) is 35.9 Å². The van der Waals surface area contributed by atoms with Gasteiger partial charge in [0.05, 0.1) is 6.61 Å². The van der Waals surface area contributed by atoms with E-state index in [1.54, 1.807) is 20.8 Å². The van der Waals surface area contributed by atoms with Crippen LogP contribution in [-0.2, 0) is 20.9 Å². The molecule has 0 unspecified atom stereocenters. The van der Waals surface area contributed by atoms with Gasteiger partial charge in [0.25, 0.3) is 0 Å². The summed E-state index contributed by atoms with van der Waals surface area (Å²) < 4.78 is 11.2. The second-order valence-electron chi connectivity index (χ2n) is 6.47. The zero-order chi connectivity index (χ0) is 16.2. The first-order chi connectivity index (χ1) is 10.4. The number of benzene rings is 1. The Kier molecular flexibility index (Phi) is 4.86. The van der Waals surface area contributed by atoms with Gasteiger partial charge in [0.2, 0.25) is 5.72 Å². The van der Waals surface area contributed by atoms with Gasteiger partial charge in [-0.05, 0) is 32.8 Å². The van der Waals surface area contributed by atoms with E-state index < -0.39 is 17.4 Å². The van der Waals surface area contributed by atoms with Crippen molar-refractivity contribution in [2.24, 2.45) is 0 Å².